The normalized spacial score (nSPS) is 10.9. The van der Waals surface area contributed by atoms with E-state index in [0.717, 1.165) is 10.8 Å². The number of hydrogen-bond acceptors (Lipinski definition) is 7. The van der Waals surface area contributed by atoms with Gasteiger partial charge in [0.15, 0.2) is 0 Å². The summed E-state index contributed by atoms with van der Waals surface area (Å²) in [6, 6.07) is 15.4. The Morgan fingerprint density at radius 2 is 1.88 bits per heavy atom. The van der Waals surface area contributed by atoms with Crippen LogP contribution in [0.25, 0.3) is 33.1 Å². The van der Waals surface area contributed by atoms with Crippen LogP contribution in [0.3, 0.4) is 0 Å². The molecule has 0 aliphatic carbocycles. The van der Waals surface area contributed by atoms with E-state index in [1.54, 1.807) is 20.0 Å². The van der Waals surface area contributed by atoms with Gasteiger partial charge in [0.2, 0.25) is 0 Å². The Hall–Kier alpha value is -4.27. The SMILES string of the molecule is CCOC(=O)Cn1c(=O)c(-c2cc([N+](=O)[O-])ccc2NC)nc2cc3ccccc3cc21. The van der Waals surface area contributed by atoms with E-state index < -0.39 is 16.5 Å². The van der Waals surface area contributed by atoms with E-state index in [1.807, 2.05) is 30.3 Å². The molecule has 1 aromatic heterocycles. The molecule has 9 heteroatoms. The number of nitro groups is 1. The summed E-state index contributed by atoms with van der Waals surface area (Å²) < 4.78 is 6.36. The maximum Gasteiger partial charge on any atom is 0.326 e. The smallest absolute Gasteiger partial charge is 0.326 e. The molecular weight excluding hydrogens is 412 g/mol. The third kappa shape index (κ3) is 3.76. The Balaban J connectivity index is 2.06. The average Bonchev–Trinajstić information content (AvgIpc) is 2.79. The predicted molar refractivity (Wildman–Crippen MR) is 122 cm³/mol. The number of ether oxygens (including phenoxy) is 1. The number of nitrogens with zero attached hydrogens (tertiary/aromatic N) is 3. The van der Waals surface area contributed by atoms with Gasteiger partial charge >= 0.3 is 5.97 Å². The molecule has 0 saturated carbocycles. The summed E-state index contributed by atoms with van der Waals surface area (Å²) >= 11 is 0. The van der Waals surface area contributed by atoms with Crippen molar-refractivity contribution < 1.29 is 14.5 Å². The minimum Gasteiger partial charge on any atom is -0.465 e. The summed E-state index contributed by atoms with van der Waals surface area (Å²) in [6.07, 6.45) is 0. The van der Waals surface area contributed by atoms with Crippen LogP contribution in [-0.2, 0) is 16.1 Å². The summed E-state index contributed by atoms with van der Waals surface area (Å²) in [5.74, 6) is -0.561. The molecule has 0 unspecified atom stereocenters. The highest BCUT2D eigenvalue weighted by molar-refractivity contribution is 5.96. The van der Waals surface area contributed by atoms with E-state index in [2.05, 4.69) is 10.3 Å². The Morgan fingerprint density at radius 3 is 2.53 bits per heavy atom. The molecular formula is C23H20N4O5. The van der Waals surface area contributed by atoms with Crippen LogP contribution in [0.15, 0.2) is 59.4 Å². The van der Waals surface area contributed by atoms with E-state index >= 15 is 0 Å². The van der Waals surface area contributed by atoms with Crippen LogP contribution in [0.1, 0.15) is 6.92 Å². The van der Waals surface area contributed by atoms with Crippen LogP contribution in [-0.4, -0.2) is 34.1 Å². The lowest BCUT2D eigenvalue weighted by Crippen LogP contribution is -2.28. The second-order valence-corrected chi connectivity index (χ2v) is 7.08. The van der Waals surface area contributed by atoms with Gasteiger partial charge in [-0.25, -0.2) is 4.98 Å². The second-order valence-electron chi connectivity index (χ2n) is 7.08. The summed E-state index contributed by atoms with van der Waals surface area (Å²) in [4.78, 5) is 41.2. The number of carbonyl (C=O) groups excluding carboxylic acids is 1. The molecule has 1 heterocycles. The molecule has 0 fully saturated rings. The van der Waals surface area contributed by atoms with E-state index in [-0.39, 0.29) is 30.1 Å². The number of aromatic nitrogens is 2. The molecule has 0 aliphatic rings. The molecule has 0 spiro atoms. The highest BCUT2D eigenvalue weighted by atomic mass is 16.6. The number of esters is 1. The zero-order chi connectivity index (χ0) is 22.8. The molecule has 0 bridgehead atoms. The molecule has 4 aromatic rings. The highest BCUT2D eigenvalue weighted by Crippen LogP contribution is 2.30. The molecule has 0 saturated heterocycles. The molecule has 0 aliphatic heterocycles. The minimum absolute atomic E-state index is 0.00475. The van der Waals surface area contributed by atoms with Gasteiger partial charge in [0, 0.05) is 30.4 Å². The van der Waals surface area contributed by atoms with Crippen molar-refractivity contribution in [3.05, 3.63) is 75.1 Å². The van der Waals surface area contributed by atoms with Gasteiger partial charge in [-0.05, 0) is 35.9 Å². The van der Waals surface area contributed by atoms with Crippen molar-refractivity contribution in [3.8, 4) is 11.3 Å². The van der Waals surface area contributed by atoms with Gasteiger partial charge in [-0.15, -0.1) is 0 Å². The van der Waals surface area contributed by atoms with Crippen molar-refractivity contribution in [1.29, 1.82) is 0 Å². The largest absolute Gasteiger partial charge is 0.465 e. The van der Waals surface area contributed by atoms with Gasteiger partial charge in [0.05, 0.1) is 22.6 Å². The van der Waals surface area contributed by atoms with Crippen molar-refractivity contribution in [3.63, 3.8) is 0 Å². The third-order valence-corrected chi connectivity index (χ3v) is 5.14. The Bertz CT molecular complexity index is 1430. The lowest BCUT2D eigenvalue weighted by atomic mass is 10.1. The van der Waals surface area contributed by atoms with Gasteiger partial charge in [-0.1, -0.05) is 24.3 Å². The topological polar surface area (TPSA) is 116 Å². The van der Waals surface area contributed by atoms with E-state index in [4.69, 9.17) is 4.74 Å². The lowest BCUT2D eigenvalue weighted by molar-refractivity contribution is -0.384. The summed E-state index contributed by atoms with van der Waals surface area (Å²) in [7, 11) is 1.65. The molecule has 32 heavy (non-hydrogen) atoms. The summed E-state index contributed by atoms with van der Waals surface area (Å²) in [5, 5.41) is 16.1. The summed E-state index contributed by atoms with van der Waals surface area (Å²) in [6.45, 7) is 1.56. The zero-order valence-electron chi connectivity index (χ0n) is 17.5. The Kier molecular flexibility index (Phi) is 5.55. The number of rotatable bonds is 6. The van der Waals surface area contributed by atoms with Gasteiger partial charge in [-0.3, -0.25) is 24.3 Å². The number of carbonyl (C=O) groups is 1. The second kappa shape index (κ2) is 8.46. The highest BCUT2D eigenvalue weighted by Gasteiger charge is 2.20. The van der Waals surface area contributed by atoms with Crippen molar-refractivity contribution in [2.75, 3.05) is 19.0 Å². The van der Waals surface area contributed by atoms with Crippen LogP contribution < -0.4 is 10.9 Å². The minimum atomic E-state index is -0.561. The van der Waals surface area contributed by atoms with Crippen molar-refractivity contribution in [2.24, 2.45) is 0 Å². The monoisotopic (exact) mass is 432 g/mol. The molecule has 0 amide bonds. The fourth-order valence-corrected chi connectivity index (χ4v) is 3.66. The first-order valence-electron chi connectivity index (χ1n) is 9.98. The van der Waals surface area contributed by atoms with Crippen LogP contribution in [0, 0.1) is 10.1 Å². The zero-order valence-corrected chi connectivity index (χ0v) is 17.5. The van der Waals surface area contributed by atoms with Gasteiger partial charge < -0.3 is 10.1 Å². The van der Waals surface area contributed by atoms with E-state index in [1.165, 1.54) is 22.8 Å². The fourth-order valence-electron chi connectivity index (χ4n) is 3.66. The molecule has 0 radical (unpaired) electrons. The molecule has 162 valence electrons. The number of fused-ring (bicyclic) bond motifs is 2. The maximum atomic E-state index is 13.5. The van der Waals surface area contributed by atoms with E-state index in [0.29, 0.717) is 16.7 Å². The third-order valence-electron chi connectivity index (χ3n) is 5.14. The van der Waals surface area contributed by atoms with E-state index in [9.17, 15) is 19.7 Å². The predicted octanol–water partition coefficient (Wildman–Crippen LogP) is 3.73. The maximum absolute atomic E-state index is 13.5. The van der Waals surface area contributed by atoms with Crippen LogP contribution >= 0.6 is 0 Å². The Labute approximate surface area is 182 Å². The molecule has 4 rings (SSSR count). The lowest BCUT2D eigenvalue weighted by Gasteiger charge is -2.14. The first-order valence-corrected chi connectivity index (χ1v) is 9.98. The summed E-state index contributed by atoms with van der Waals surface area (Å²) in [5.41, 5.74) is 1.03. The Morgan fingerprint density at radius 1 is 1.16 bits per heavy atom. The van der Waals surface area contributed by atoms with Gasteiger partial charge in [0.25, 0.3) is 11.2 Å². The number of anilines is 1. The quantitative estimate of drug-likeness (QED) is 0.214. The van der Waals surface area contributed by atoms with Crippen molar-refractivity contribution in [1.82, 2.24) is 9.55 Å². The first-order chi connectivity index (χ1) is 15.4. The van der Waals surface area contributed by atoms with Gasteiger partial charge in [0.1, 0.15) is 12.2 Å². The number of nitro benzene ring substituents is 1. The molecule has 1 N–H and O–H groups in total. The number of nitrogens with one attached hydrogen (secondary N) is 1. The van der Waals surface area contributed by atoms with Crippen LogP contribution in [0.5, 0.6) is 0 Å². The number of benzene rings is 3. The van der Waals surface area contributed by atoms with Crippen LogP contribution in [0.2, 0.25) is 0 Å². The fraction of sp³-hybridized carbons (Fsp3) is 0.174. The molecule has 0 atom stereocenters. The van der Waals surface area contributed by atoms with Crippen molar-refractivity contribution in [2.45, 2.75) is 13.5 Å². The van der Waals surface area contributed by atoms with Crippen LogP contribution in [0.4, 0.5) is 11.4 Å². The molecule has 9 nitrogen and oxygen atoms in total. The first kappa shape index (κ1) is 21.0. The van der Waals surface area contributed by atoms with Crippen molar-refractivity contribution >= 4 is 39.1 Å². The van der Waals surface area contributed by atoms with Gasteiger partial charge in [-0.2, -0.15) is 0 Å². The molecule has 3 aromatic carbocycles. The standard InChI is InChI=1S/C23H20N4O5/c1-3-32-21(28)13-26-20-11-15-7-5-4-6-14(15)10-19(20)25-22(23(26)29)17-12-16(27(30)31)8-9-18(17)24-2/h4-12,24H,3,13H2,1-2H3. The average molecular weight is 432 g/mol. The number of non-ortho nitro benzene ring substituents is 1. The number of hydrogen-bond donors (Lipinski definition) is 1.